The van der Waals surface area contributed by atoms with Crippen molar-refractivity contribution < 1.29 is 9.59 Å². The third-order valence-electron chi connectivity index (χ3n) is 3.49. The fraction of sp³-hybridized carbons (Fsp3) is 0.125. The lowest BCUT2D eigenvalue weighted by Gasteiger charge is -2.16. The van der Waals surface area contributed by atoms with Gasteiger partial charge in [0.05, 0.1) is 5.56 Å². The molecule has 3 rings (SSSR count). The summed E-state index contributed by atoms with van der Waals surface area (Å²) in [6.45, 7) is 6.12. The molecule has 0 saturated carbocycles. The second kappa shape index (κ2) is 4.05. The Balaban J connectivity index is 2.30. The van der Waals surface area contributed by atoms with Crippen molar-refractivity contribution in [2.75, 3.05) is 0 Å². The van der Waals surface area contributed by atoms with Gasteiger partial charge in [-0.05, 0) is 13.0 Å². The maximum Gasteiger partial charge on any atom is 0.210 e. The van der Waals surface area contributed by atoms with Gasteiger partial charge in [0.25, 0.3) is 0 Å². The molecular formula is C16H13NO2. The summed E-state index contributed by atoms with van der Waals surface area (Å²) in [5, 5.41) is 0. The Hall–Kier alpha value is -2.42. The maximum atomic E-state index is 12.6. The number of nitrogens with zero attached hydrogens (tertiary/aromatic N) is 1. The molecule has 2 aromatic rings. The van der Waals surface area contributed by atoms with E-state index in [2.05, 4.69) is 6.58 Å². The lowest BCUT2D eigenvalue weighted by Crippen LogP contribution is -2.22. The Morgan fingerprint density at radius 1 is 1.11 bits per heavy atom. The predicted octanol–water partition coefficient (Wildman–Crippen LogP) is 2.76. The Labute approximate surface area is 111 Å². The third-order valence-corrected chi connectivity index (χ3v) is 3.49. The number of fused-ring (bicyclic) bond motifs is 2. The average molecular weight is 251 g/mol. The minimum absolute atomic E-state index is 0.0730. The van der Waals surface area contributed by atoms with E-state index in [0.29, 0.717) is 28.9 Å². The average Bonchev–Trinajstić information content (AvgIpc) is 2.75. The normalized spacial score (nSPS) is 13.1. The highest BCUT2D eigenvalue weighted by Crippen LogP contribution is 2.29. The summed E-state index contributed by atoms with van der Waals surface area (Å²) in [5.41, 5.74) is 2.88. The van der Waals surface area contributed by atoms with Crippen LogP contribution in [-0.2, 0) is 6.54 Å². The Morgan fingerprint density at radius 2 is 1.74 bits per heavy atom. The fourth-order valence-electron chi connectivity index (χ4n) is 2.61. The number of ketones is 2. The summed E-state index contributed by atoms with van der Waals surface area (Å²) < 4.78 is 1.85. The van der Waals surface area contributed by atoms with Crippen LogP contribution in [-0.4, -0.2) is 16.1 Å². The highest BCUT2D eigenvalue weighted by molar-refractivity contribution is 6.28. The van der Waals surface area contributed by atoms with Crippen LogP contribution < -0.4 is 0 Å². The van der Waals surface area contributed by atoms with E-state index >= 15 is 0 Å². The first-order chi connectivity index (χ1) is 9.15. The number of benzene rings is 1. The van der Waals surface area contributed by atoms with Gasteiger partial charge in [0.15, 0.2) is 5.78 Å². The zero-order valence-corrected chi connectivity index (χ0v) is 10.6. The Morgan fingerprint density at radius 3 is 2.37 bits per heavy atom. The van der Waals surface area contributed by atoms with Crippen LogP contribution in [0.15, 0.2) is 43.0 Å². The van der Waals surface area contributed by atoms with E-state index in [1.54, 1.807) is 36.4 Å². The SMILES string of the molecule is C=CCn1c(C)cc2c1C(=O)c1ccccc1C2=O. The second-order valence-corrected chi connectivity index (χ2v) is 4.65. The number of carbonyl (C=O) groups excluding carboxylic acids is 2. The van der Waals surface area contributed by atoms with Crippen LogP contribution in [0, 0.1) is 6.92 Å². The van der Waals surface area contributed by atoms with Crippen LogP contribution in [0.25, 0.3) is 0 Å². The summed E-state index contributed by atoms with van der Waals surface area (Å²) in [5.74, 6) is -0.156. The van der Waals surface area contributed by atoms with E-state index < -0.39 is 0 Å². The van der Waals surface area contributed by atoms with Crippen LogP contribution >= 0.6 is 0 Å². The van der Waals surface area contributed by atoms with Crippen molar-refractivity contribution >= 4 is 11.6 Å². The quantitative estimate of drug-likeness (QED) is 0.657. The summed E-state index contributed by atoms with van der Waals surface area (Å²) in [6, 6.07) is 8.76. The van der Waals surface area contributed by atoms with Gasteiger partial charge in [0.1, 0.15) is 5.69 Å². The molecule has 3 nitrogen and oxygen atoms in total. The third kappa shape index (κ3) is 1.51. The molecule has 1 aliphatic carbocycles. The van der Waals surface area contributed by atoms with E-state index in [-0.39, 0.29) is 11.6 Å². The summed E-state index contributed by atoms with van der Waals surface area (Å²) in [7, 11) is 0. The summed E-state index contributed by atoms with van der Waals surface area (Å²) in [6.07, 6.45) is 1.73. The second-order valence-electron chi connectivity index (χ2n) is 4.65. The minimum atomic E-state index is -0.0832. The zero-order valence-electron chi connectivity index (χ0n) is 10.6. The van der Waals surface area contributed by atoms with E-state index in [1.807, 2.05) is 11.5 Å². The maximum absolute atomic E-state index is 12.6. The van der Waals surface area contributed by atoms with Gasteiger partial charge in [0.2, 0.25) is 5.78 Å². The van der Waals surface area contributed by atoms with E-state index in [0.717, 1.165) is 5.69 Å². The van der Waals surface area contributed by atoms with E-state index in [4.69, 9.17) is 0 Å². The molecule has 0 unspecified atom stereocenters. The monoisotopic (exact) mass is 251 g/mol. The lowest BCUT2D eigenvalue weighted by molar-refractivity contribution is 0.0974. The van der Waals surface area contributed by atoms with E-state index in [9.17, 15) is 9.59 Å². The fourth-order valence-corrected chi connectivity index (χ4v) is 2.61. The molecule has 0 spiro atoms. The molecule has 1 aromatic heterocycles. The van der Waals surface area contributed by atoms with Crippen LogP contribution in [0.2, 0.25) is 0 Å². The van der Waals surface area contributed by atoms with Crippen LogP contribution in [0.3, 0.4) is 0 Å². The molecule has 19 heavy (non-hydrogen) atoms. The van der Waals surface area contributed by atoms with Gasteiger partial charge in [0, 0.05) is 23.4 Å². The van der Waals surface area contributed by atoms with E-state index in [1.165, 1.54) is 0 Å². The van der Waals surface area contributed by atoms with Crippen molar-refractivity contribution in [3.8, 4) is 0 Å². The van der Waals surface area contributed by atoms with Gasteiger partial charge in [-0.25, -0.2) is 0 Å². The molecule has 0 saturated heterocycles. The molecule has 0 bridgehead atoms. The molecule has 0 atom stereocenters. The van der Waals surface area contributed by atoms with Gasteiger partial charge >= 0.3 is 0 Å². The highest BCUT2D eigenvalue weighted by Gasteiger charge is 2.32. The first kappa shape index (κ1) is 11.7. The van der Waals surface area contributed by atoms with Crippen molar-refractivity contribution in [3.63, 3.8) is 0 Å². The number of hydrogen-bond acceptors (Lipinski definition) is 2. The number of aryl methyl sites for hydroxylation is 1. The van der Waals surface area contributed by atoms with Crippen molar-refractivity contribution in [2.24, 2.45) is 0 Å². The number of hydrogen-bond donors (Lipinski definition) is 0. The van der Waals surface area contributed by atoms with Crippen LogP contribution in [0.5, 0.6) is 0 Å². The number of rotatable bonds is 2. The molecule has 3 heteroatoms. The standard InChI is InChI=1S/C16H13NO2/c1-3-8-17-10(2)9-13-14(17)16(19)12-7-5-4-6-11(12)15(13)18/h3-7,9H,1,8H2,2H3. The summed E-state index contributed by atoms with van der Waals surface area (Å²) >= 11 is 0. The first-order valence-electron chi connectivity index (χ1n) is 6.14. The molecule has 1 aromatic carbocycles. The van der Waals surface area contributed by atoms with Crippen molar-refractivity contribution in [2.45, 2.75) is 13.5 Å². The predicted molar refractivity (Wildman–Crippen MR) is 72.7 cm³/mol. The molecule has 0 aliphatic heterocycles. The first-order valence-corrected chi connectivity index (χ1v) is 6.14. The van der Waals surface area contributed by atoms with Crippen LogP contribution in [0.4, 0.5) is 0 Å². The topological polar surface area (TPSA) is 39.1 Å². The highest BCUT2D eigenvalue weighted by atomic mass is 16.1. The summed E-state index contributed by atoms with van der Waals surface area (Å²) in [4.78, 5) is 25.0. The smallest absolute Gasteiger partial charge is 0.210 e. The molecule has 0 radical (unpaired) electrons. The van der Waals surface area contributed by atoms with Gasteiger partial charge in [-0.1, -0.05) is 30.3 Å². The molecule has 1 heterocycles. The lowest BCUT2D eigenvalue weighted by atomic mass is 9.88. The van der Waals surface area contributed by atoms with Crippen LogP contribution in [0.1, 0.15) is 37.7 Å². The Bertz CT molecular complexity index is 722. The van der Waals surface area contributed by atoms with Gasteiger partial charge < -0.3 is 4.57 Å². The van der Waals surface area contributed by atoms with Crippen molar-refractivity contribution in [3.05, 3.63) is 71.1 Å². The van der Waals surface area contributed by atoms with Gasteiger partial charge in [-0.15, -0.1) is 6.58 Å². The number of allylic oxidation sites excluding steroid dienone is 1. The molecule has 0 N–H and O–H groups in total. The van der Waals surface area contributed by atoms with Crippen molar-refractivity contribution in [1.82, 2.24) is 4.57 Å². The largest absolute Gasteiger partial charge is 0.338 e. The molecule has 94 valence electrons. The van der Waals surface area contributed by atoms with Gasteiger partial charge in [-0.3, -0.25) is 9.59 Å². The number of aromatic nitrogens is 1. The molecule has 1 aliphatic rings. The molecular weight excluding hydrogens is 238 g/mol. The Kier molecular flexibility index (Phi) is 2.49. The number of carbonyl (C=O) groups is 2. The minimum Gasteiger partial charge on any atom is -0.338 e. The molecule has 0 fully saturated rings. The molecule has 0 amide bonds. The van der Waals surface area contributed by atoms with Gasteiger partial charge in [-0.2, -0.15) is 0 Å². The zero-order chi connectivity index (χ0) is 13.6. The van der Waals surface area contributed by atoms with Crippen molar-refractivity contribution in [1.29, 1.82) is 0 Å².